The molecule has 0 saturated carbocycles. The molecule has 1 amide bonds. The van der Waals surface area contributed by atoms with Gasteiger partial charge < -0.3 is 13.9 Å². The Morgan fingerprint density at radius 2 is 1.80 bits per heavy atom. The number of hydrogen-bond donors (Lipinski definition) is 0. The number of carbonyl (C=O) groups is 1. The van der Waals surface area contributed by atoms with Gasteiger partial charge in [0.1, 0.15) is 17.1 Å². The Hall–Kier alpha value is -3.77. The van der Waals surface area contributed by atoms with Crippen LogP contribution in [0.2, 0.25) is 5.02 Å². The highest BCUT2D eigenvalue weighted by molar-refractivity contribution is 6.31. The van der Waals surface area contributed by atoms with E-state index in [9.17, 15) is 9.59 Å². The van der Waals surface area contributed by atoms with E-state index in [1.165, 1.54) is 0 Å². The molecule has 0 spiro atoms. The number of halogens is 1. The summed E-state index contributed by atoms with van der Waals surface area (Å²) in [5.41, 5.74) is 1.67. The molecule has 0 aliphatic carbocycles. The summed E-state index contributed by atoms with van der Waals surface area (Å²) < 4.78 is 17.2. The lowest BCUT2D eigenvalue weighted by Crippen LogP contribution is -2.29. The van der Waals surface area contributed by atoms with Gasteiger partial charge in [-0.15, -0.1) is 0 Å². The molecule has 0 saturated heterocycles. The van der Waals surface area contributed by atoms with Gasteiger partial charge in [-0.1, -0.05) is 43.1 Å². The van der Waals surface area contributed by atoms with Crippen LogP contribution in [0, 0.1) is 0 Å². The lowest BCUT2D eigenvalue weighted by molar-refractivity contribution is 0.0971. The predicted octanol–water partition coefficient (Wildman–Crippen LogP) is 6.38. The molecule has 1 aliphatic heterocycles. The quantitative estimate of drug-likeness (QED) is 0.281. The van der Waals surface area contributed by atoms with Gasteiger partial charge in [-0.2, -0.15) is 0 Å². The first kappa shape index (κ1) is 23.0. The summed E-state index contributed by atoms with van der Waals surface area (Å²) in [4.78, 5) is 29.0. The van der Waals surface area contributed by atoms with E-state index in [-0.39, 0.29) is 16.8 Å². The Morgan fingerprint density at radius 3 is 2.54 bits per heavy atom. The minimum absolute atomic E-state index is 0.0286. The largest absolute Gasteiger partial charge is 0.497 e. The highest BCUT2D eigenvalue weighted by Gasteiger charge is 2.43. The number of amides is 1. The molecule has 5 rings (SSSR count). The number of carbonyl (C=O) groups excluding carboxylic acids is 1. The lowest BCUT2D eigenvalue weighted by Gasteiger charge is -2.25. The standard InChI is InChI=1S/C28H24ClNO5/c1-3-4-14-34-20-11-8-17(9-12-20)25-24-26(31)22-15-18(29)10-13-23(22)35-27(24)28(32)30(25)19-6-5-7-21(16-19)33-2/h5-13,15-16,25H,3-4,14H2,1-2H3. The highest BCUT2D eigenvalue weighted by Crippen LogP contribution is 2.42. The average molecular weight is 490 g/mol. The Bertz CT molecular complexity index is 1460. The molecule has 3 aromatic carbocycles. The summed E-state index contributed by atoms with van der Waals surface area (Å²) in [6, 6.07) is 18.8. The van der Waals surface area contributed by atoms with Gasteiger partial charge >= 0.3 is 0 Å². The fraction of sp³-hybridized carbons (Fsp3) is 0.214. The second kappa shape index (κ2) is 9.47. The smallest absolute Gasteiger partial charge is 0.295 e. The van der Waals surface area contributed by atoms with E-state index in [2.05, 4.69) is 6.92 Å². The third kappa shape index (κ3) is 4.15. The fourth-order valence-corrected chi connectivity index (χ4v) is 4.54. The molecule has 0 bridgehead atoms. The van der Waals surface area contributed by atoms with Crippen LogP contribution in [0.25, 0.3) is 11.0 Å². The van der Waals surface area contributed by atoms with Crippen molar-refractivity contribution in [2.45, 2.75) is 25.8 Å². The molecule has 0 radical (unpaired) electrons. The summed E-state index contributed by atoms with van der Waals surface area (Å²) in [6.45, 7) is 2.74. The number of rotatable bonds is 7. The zero-order valence-electron chi connectivity index (χ0n) is 19.4. The van der Waals surface area contributed by atoms with Crippen LogP contribution >= 0.6 is 11.6 Å². The van der Waals surface area contributed by atoms with Gasteiger partial charge in [0.15, 0.2) is 5.43 Å². The third-order valence-electron chi connectivity index (χ3n) is 6.13. The maximum absolute atomic E-state index is 13.7. The van der Waals surface area contributed by atoms with E-state index >= 15 is 0 Å². The topological polar surface area (TPSA) is 69.0 Å². The van der Waals surface area contributed by atoms with Gasteiger partial charge in [0.25, 0.3) is 5.91 Å². The van der Waals surface area contributed by atoms with Crippen molar-refractivity contribution >= 4 is 34.2 Å². The molecule has 2 heterocycles. The SMILES string of the molecule is CCCCOc1ccc(C2c3c(oc4ccc(Cl)cc4c3=O)C(=O)N2c2cccc(OC)c2)cc1. The lowest BCUT2D eigenvalue weighted by atomic mass is 9.98. The van der Waals surface area contributed by atoms with Crippen molar-refractivity contribution in [3.63, 3.8) is 0 Å². The van der Waals surface area contributed by atoms with Crippen LogP contribution in [-0.2, 0) is 0 Å². The molecule has 1 unspecified atom stereocenters. The number of fused-ring (bicyclic) bond motifs is 2. The monoisotopic (exact) mass is 489 g/mol. The fourth-order valence-electron chi connectivity index (χ4n) is 4.37. The number of ether oxygens (including phenoxy) is 2. The minimum atomic E-state index is -0.686. The molecule has 1 atom stereocenters. The highest BCUT2D eigenvalue weighted by atomic mass is 35.5. The van der Waals surface area contributed by atoms with Crippen LogP contribution in [-0.4, -0.2) is 19.6 Å². The second-order valence-electron chi connectivity index (χ2n) is 8.36. The average Bonchev–Trinajstić information content (AvgIpc) is 3.17. The molecule has 0 N–H and O–H groups in total. The molecule has 35 heavy (non-hydrogen) atoms. The van der Waals surface area contributed by atoms with Crippen molar-refractivity contribution in [3.05, 3.63) is 98.9 Å². The van der Waals surface area contributed by atoms with Crippen LogP contribution in [0.5, 0.6) is 11.5 Å². The molecular formula is C28H24ClNO5. The van der Waals surface area contributed by atoms with Crippen LogP contribution < -0.4 is 19.8 Å². The van der Waals surface area contributed by atoms with E-state index in [0.717, 1.165) is 24.2 Å². The molecule has 4 aromatic rings. The maximum atomic E-state index is 13.7. The van der Waals surface area contributed by atoms with E-state index in [1.54, 1.807) is 48.4 Å². The minimum Gasteiger partial charge on any atom is -0.497 e. The maximum Gasteiger partial charge on any atom is 0.295 e. The Morgan fingerprint density at radius 1 is 1.00 bits per heavy atom. The van der Waals surface area contributed by atoms with Gasteiger partial charge in [-0.05, 0) is 54.4 Å². The third-order valence-corrected chi connectivity index (χ3v) is 6.36. The van der Waals surface area contributed by atoms with Crippen molar-refractivity contribution in [2.24, 2.45) is 0 Å². The summed E-state index contributed by atoms with van der Waals surface area (Å²) in [5, 5.41) is 0.755. The Labute approximate surface area is 207 Å². The van der Waals surface area contributed by atoms with E-state index in [0.29, 0.717) is 34.0 Å². The summed E-state index contributed by atoms with van der Waals surface area (Å²) >= 11 is 6.17. The number of methoxy groups -OCH3 is 1. The molecule has 1 aliphatic rings. The number of unbranched alkanes of at least 4 members (excludes halogenated alkanes) is 1. The first-order valence-electron chi connectivity index (χ1n) is 11.5. The van der Waals surface area contributed by atoms with E-state index in [4.69, 9.17) is 25.5 Å². The number of hydrogen-bond acceptors (Lipinski definition) is 5. The first-order valence-corrected chi connectivity index (χ1v) is 11.9. The Balaban J connectivity index is 1.68. The van der Waals surface area contributed by atoms with Gasteiger partial charge in [0.2, 0.25) is 5.76 Å². The van der Waals surface area contributed by atoms with Gasteiger partial charge in [0.05, 0.1) is 30.7 Å². The molecule has 0 fully saturated rings. The molecular weight excluding hydrogens is 466 g/mol. The van der Waals surface area contributed by atoms with Crippen molar-refractivity contribution < 1.29 is 18.7 Å². The normalized spacial score (nSPS) is 14.9. The molecule has 178 valence electrons. The van der Waals surface area contributed by atoms with Crippen LogP contribution in [0.1, 0.15) is 47.5 Å². The molecule has 1 aromatic heterocycles. The Kier molecular flexibility index (Phi) is 6.22. The number of nitrogens with zero attached hydrogens (tertiary/aromatic N) is 1. The van der Waals surface area contributed by atoms with Gasteiger partial charge in [0, 0.05) is 16.8 Å². The molecule has 6 nitrogen and oxygen atoms in total. The second-order valence-corrected chi connectivity index (χ2v) is 8.80. The number of benzene rings is 3. The zero-order chi connectivity index (χ0) is 24.5. The molecule has 7 heteroatoms. The van der Waals surface area contributed by atoms with Gasteiger partial charge in [-0.3, -0.25) is 14.5 Å². The van der Waals surface area contributed by atoms with E-state index < -0.39 is 11.9 Å². The van der Waals surface area contributed by atoms with Crippen molar-refractivity contribution in [1.82, 2.24) is 0 Å². The summed E-state index contributed by atoms with van der Waals surface area (Å²) in [5.74, 6) is 0.967. The van der Waals surface area contributed by atoms with Gasteiger partial charge in [-0.25, -0.2) is 0 Å². The predicted molar refractivity (Wildman–Crippen MR) is 136 cm³/mol. The van der Waals surface area contributed by atoms with Crippen molar-refractivity contribution in [2.75, 3.05) is 18.6 Å². The summed E-state index contributed by atoms with van der Waals surface area (Å²) in [6.07, 6.45) is 2.01. The van der Waals surface area contributed by atoms with Crippen LogP contribution in [0.4, 0.5) is 5.69 Å². The number of anilines is 1. The van der Waals surface area contributed by atoms with Crippen LogP contribution in [0.15, 0.2) is 75.9 Å². The zero-order valence-corrected chi connectivity index (χ0v) is 20.2. The van der Waals surface area contributed by atoms with Crippen LogP contribution in [0.3, 0.4) is 0 Å². The first-order chi connectivity index (χ1) is 17.0. The summed E-state index contributed by atoms with van der Waals surface area (Å²) in [7, 11) is 1.57. The van der Waals surface area contributed by atoms with Crippen molar-refractivity contribution in [3.8, 4) is 11.5 Å². The van der Waals surface area contributed by atoms with E-state index in [1.807, 2.05) is 30.3 Å². The van der Waals surface area contributed by atoms with Crippen molar-refractivity contribution in [1.29, 1.82) is 0 Å².